The highest BCUT2D eigenvalue weighted by molar-refractivity contribution is 5.93. The van der Waals surface area contributed by atoms with E-state index < -0.39 is 0 Å². The average Bonchev–Trinajstić information content (AvgIpc) is 3.59. The third kappa shape index (κ3) is 3.47. The van der Waals surface area contributed by atoms with Crippen molar-refractivity contribution in [2.45, 2.75) is 44.6 Å². The van der Waals surface area contributed by atoms with Gasteiger partial charge in [-0.1, -0.05) is 0 Å². The highest BCUT2D eigenvalue weighted by Gasteiger charge is 2.30. The van der Waals surface area contributed by atoms with E-state index in [1.807, 2.05) is 30.7 Å². The first-order valence-corrected chi connectivity index (χ1v) is 11.4. The molecule has 1 saturated heterocycles. The van der Waals surface area contributed by atoms with E-state index in [9.17, 15) is 4.79 Å². The first-order valence-electron chi connectivity index (χ1n) is 11.4. The van der Waals surface area contributed by atoms with Crippen LogP contribution in [0, 0.1) is 5.92 Å². The molecule has 0 atom stereocenters. The van der Waals surface area contributed by atoms with Gasteiger partial charge in [-0.05, 0) is 56.2 Å². The van der Waals surface area contributed by atoms with E-state index in [1.165, 1.54) is 0 Å². The number of carbonyl (C=O) groups excluding carboxylic acids is 1. The quantitative estimate of drug-likeness (QED) is 0.515. The molecular weight excluding hydrogens is 404 g/mol. The minimum Gasteiger partial charge on any atom is -0.351 e. The number of hydrogen-bond donors (Lipinski definition) is 2. The molecule has 0 unspecified atom stereocenters. The summed E-state index contributed by atoms with van der Waals surface area (Å²) in [6, 6.07) is 4.32. The van der Waals surface area contributed by atoms with Gasteiger partial charge >= 0.3 is 0 Å². The maximum absolute atomic E-state index is 12.7. The zero-order valence-electron chi connectivity index (χ0n) is 17.9. The lowest BCUT2D eigenvalue weighted by Crippen LogP contribution is -2.37. The van der Waals surface area contributed by atoms with Crippen molar-refractivity contribution < 1.29 is 4.79 Å². The van der Waals surface area contributed by atoms with Crippen LogP contribution in [0.15, 0.2) is 37.1 Å². The number of aromatic amines is 1. The van der Waals surface area contributed by atoms with E-state index in [1.54, 1.807) is 10.8 Å². The summed E-state index contributed by atoms with van der Waals surface area (Å²) in [5.41, 5.74) is 3.69. The number of likely N-dealkylation sites (tertiary alicyclic amines) is 1. The summed E-state index contributed by atoms with van der Waals surface area (Å²) in [5.74, 6) is 1.18. The zero-order chi connectivity index (χ0) is 21.5. The molecule has 2 fully saturated rings. The molecule has 4 aromatic heterocycles. The van der Waals surface area contributed by atoms with E-state index in [0.29, 0.717) is 17.9 Å². The van der Waals surface area contributed by atoms with Gasteiger partial charge in [-0.25, -0.2) is 14.5 Å². The van der Waals surface area contributed by atoms with E-state index in [4.69, 9.17) is 4.98 Å². The second-order valence-electron chi connectivity index (χ2n) is 8.86. The molecule has 32 heavy (non-hydrogen) atoms. The molecule has 2 aliphatic rings. The molecule has 9 nitrogen and oxygen atoms in total. The monoisotopic (exact) mass is 430 g/mol. The predicted octanol–water partition coefficient (Wildman–Crippen LogP) is 3.26. The number of aromatic nitrogens is 6. The fourth-order valence-corrected chi connectivity index (χ4v) is 5.06. The Hall–Kier alpha value is -3.49. The van der Waals surface area contributed by atoms with Crippen molar-refractivity contribution in [1.29, 1.82) is 0 Å². The van der Waals surface area contributed by atoms with Crippen LogP contribution in [0.1, 0.15) is 38.5 Å². The van der Waals surface area contributed by atoms with Crippen molar-refractivity contribution in [3.63, 3.8) is 0 Å². The van der Waals surface area contributed by atoms with Crippen LogP contribution in [0.5, 0.6) is 0 Å². The number of nitrogens with zero attached hydrogens (tertiary/aromatic N) is 6. The second-order valence-corrected chi connectivity index (χ2v) is 8.86. The van der Waals surface area contributed by atoms with Gasteiger partial charge in [0.2, 0.25) is 11.9 Å². The Bertz CT molecular complexity index is 1260. The standard InChI is InChI=1S/C23H26N8O/c32-22(30-8-1-2-9-30)15-3-5-17(6-4-15)28-23-25-13-19-18(12-24-21(19)29-23)16-7-10-31-20(11-16)26-14-27-31/h7,10-15,17H,1-6,8-9H2,(H2,24,25,28,29). The first-order chi connectivity index (χ1) is 15.7. The molecule has 1 aliphatic carbocycles. The SMILES string of the molecule is O=C(C1CCC(Nc2ncc3c(-c4ccn5ncnc5c4)c[nH]c3n2)CC1)N1CCCC1. The van der Waals surface area contributed by atoms with Gasteiger partial charge in [-0.15, -0.1) is 0 Å². The number of nitrogens with one attached hydrogen (secondary N) is 2. The Labute approximate surface area is 185 Å². The number of pyridine rings is 1. The van der Waals surface area contributed by atoms with Crippen molar-refractivity contribution in [3.05, 3.63) is 37.1 Å². The molecule has 164 valence electrons. The van der Waals surface area contributed by atoms with Gasteiger partial charge in [-0.2, -0.15) is 10.1 Å². The summed E-state index contributed by atoms with van der Waals surface area (Å²) in [5, 5.41) is 8.60. The molecule has 5 heterocycles. The summed E-state index contributed by atoms with van der Waals surface area (Å²) >= 11 is 0. The molecule has 4 aromatic rings. The Kier molecular flexibility index (Phi) is 4.74. The third-order valence-corrected chi connectivity index (χ3v) is 6.85. The summed E-state index contributed by atoms with van der Waals surface area (Å²) in [6.45, 7) is 1.88. The number of H-pyrrole nitrogens is 1. The number of carbonyl (C=O) groups is 1. The van der Waals surface area contributed by atoms with Crippen LogP contribution in [-0.2, 0) is 4.79 Å². The molecule has 0 spiro atoms. The third-order valence-electron chi connectivity index (χ3n) is 6.85. The van der Waals surface area contributed by atoms with Gasteiger partial charge in [0.25, 0.3) is 0 Å². The van der Waals surface area contributed by atoms with Crippen LogP contribution in [0.2, 0.25) is 0 Å². The smallest absolute Gasteiger partial charge is 0.225 e. The van der Waals surface area contributed by atoms with Gasteiger partial charge in [0.05, 0.1) is 0 Å². The molecule has 1 saturated carbocycles. The first kappa shape index (κ1) is 19.2. The molecular formula is C23H26N8O. The van der Waals surface area contributed by atoms with Crippen LogP contribution >= 0.6 is 0 Å². The Morgan fingerprint density at radius 3 is 2.81 bits per heavy atom. The fourth-order valence-electron chi connectivity index (χ4n) is 5.06. The lowest BCUT2D eigenvalue weighted by Gasteiger charge is -2.30. The van der Waals surface area contributed by atoms with Crippen molar-refractivity contribution in [3.8, 4) is 11.1 Å². The molecule has 0 radical (unpaired) electrons. The predicted molar refractivity (Wildman–Crippen MR) is 121 cm³/mol. The molecule has 0 bridgehead atoms. The molecule has 1 aliphatic heterocycles. The molecule has 2 N–H and O–H groups in total. The van der Waals surface area contributed by atoms with Crippen LogP contribution in [0.4, 0.5) is 5.95 Å². The highest BCUT2D eigenvalue weighted by Crippen LogP contribution is 2.30. The topological polar surface area (TPSA) is 104 Å². The fraction of sp³-hybridized carbons (Fsp3) is 0.435. The minimum absolute atomic E-state index is 0.183. The van der Waals surface area contributed by atoms with Gasteiger partial charge in [0.15, 0.2) is 5.65 Å². The van der Waals surface area contributed by atoms with E-state index in [-0.39, 0.29) is 5.92 Å². The molecule has 6 rings (SSSR count). The van der Waals surface area contributed by atoms with Crippen molar-refractivity contribution in [2.24, 2.45) is 5.92 Å². The minimum atomic E-state index is 0.183. The zero-order valence-corrected chi connectivity index (χ0v) is 17.9. The summed E-state index contributed by atoms with van der Waals surface area (Å²) in [4.78, 5) is 31.5. The van der Waals surface area contributed by atoms with Crippen molar-refractivity contribution >= 4 is 28.5 Å². The Morgan fingerprint density at radius 1 is 1.12 bits per heavy atom. The van der Waals surface area contributed by atoms with Crippen LogP contribution < -0.4 is 5.32 Å². The van der Waals surface area contributed by atoms with Gasteiger partial charge in [0, 0.05) is 54.6 Å². The van der Waals surface area contributed by atoms with Crippen molar-refractivity contribution in [1.82, 2.24) is 34.4 Å². The Balaban J connectivity index is 1.14. The molecule has 9 heteroatoms. The summed E-state index contributed by atoms with van der Waals surface area (Å²) < 4.78 is 1.74. The normalized spacial score (nSPS) is 21.4. The summed E-state index contributed by atoms with van der Waals surface area (Å²) in [7, 11) is 0. The largest absolute Gasteiger partial charge is 0.351 e. The highest BCUT2D eigenvalue weighted by atomic mass is 16.2. The number of amides is 1. The molecule has 1 amide bonds. The second kappa shape index (κ2) is 7.89. The maximum atomic E-state index is 12.7. The van der Waals surface area contributed by atoms with Crippen LogP contribution in [0.25, 0.3) is 27.8 Å². The maximum Gasteiger partial charge on any atom is 0.225 e. The average molecular weight is 431 g/mol. The van der Waals surface area contributed by atoms with Gasteiger partial charge in [0.1, 0.15) is 12.0 Å². The summed E-state index contributed by atoms with van der Waals surface area (Å²) in [6.07, 6.45) is 13.4. The van der Waals surface area contributed by atoms with E-state index >= 15 is 0 Å². The van der Waals surface area contributed by atoms with Crippen LogP contribution in [-0.4, -0.2) is 59.5 Å². The van der Waals surface area contributed by atoms with E-state index in [0.717, 1.165) is 79.4 Å². The van der Waals surface area contributed by atoms with Gasteiger partial charge in [-0.3, -0.25) is 4.79 Å². The number of rotatable bonds is 4. The Morgan fingerprint density at radius 2 is 1.97 bits per heavy atom. The lowest BCUT2D eigenvalue weighted by molar-refractivity contribution is -0.135. The van der Waals surface area contributed by atoms with Gasteiger partial charge < -0.3 is 15.2 Å². The molecule has 0 aromatic carbocycles. The van der Waals surface area contributed by atoms with E-state index in [2.05, 4.69) is 30.3 Å². The number of anilines is 1. The number of fused-ring (bicyclic) bond motifs is 2. The lowest BCUT2D eigenvalue weighted by atomic mass is 9.85. The van der Waals surface area contributed by atoms with Crippen molar-refractivity contribution in [2.75, 3.05) is 18.4 Å². The van der Waals surface area contributed by atoms with Crippen LogP contribution in [0.3, 0.4) is 0 Å². The number of hydrogen-bond acceptors (Lipinski definition) is 6.